The highest BCUT2D eigenvalue weighted by Crippen LogP contribution is 2.37. The molecule has 12 heteroatoms. The second kappa shape index (κ2) is 8.74. The largest absolute Gasteiger partial charge is 0.493 e. The van der Waals surface area contributed by atoms with Crippen LogP contribution in [0.4, 0.5) is 17.6 Å². The Kier molecular flexibility index (Phi) is 6.44. The van der Waals surface area contributed by atoms with Crippen molar-refractivity contribution >= 4 is 39.9 Å². The molecule has 0 aliphatic carbocycles. The molecule has 0 atom stereocenters. The van der Waals surface area contributed by atoms with Crippen LogP contribution in [0.2, 0.25) is 10.0 Å². The van der Waals surface area contributed by atoms with Crippen LogP contribution in [0.5, 0.6) is 5.75 Å². The molecular formula is C19H12Cl2F4N2O4. The first kappa shape index (κ1) is 22.9. The summed E-state index contributed by atoms with van der Waals surface area (Å²) < 4.78 is 58.0. The molecule has 0 bridgehead atoms. The predicted molar refractivity (Wildman–Crippen MR) is 106 cm³/mol. The molecule has 3 aromatic rings. The third-order valence-electron chi connectivity index (χ3n) is 4.02. The van der Waals surface area contributed by atoms with E-state index in [0.717, 1.165) is 12.1 Å². The van der Waals surface area contributed by atoms with E-state index in [1.54, 1.807) is 0 Å². The van der Waals surface area contributed by atoms with Gasteiger partial charge in [-0.2, -0.15) is 13.2 Å². The molecule has 2 N–H and O–H groups in total. The van der Waals surface area contributed by atoms with Crippen molar-refractivity contribution < 1.29 is 31.9 Å². The van der Waals surface area contributed by atoms with Gasteiger partial charge in [0.2, 0.25) is 0 Å². The van der Waals surface area contributed by atoms with E-state index in [0.29, 0.717) is 0 Å². The molecule has 0 saturated carbocycles. The molecule has 6 nitrogen and oxygen atoms in total. The van der Waals surface area contributed by atoms with Crippen LogP contribution in [0.15, 0.2) is 41.2 Å². The second-order valence-corrected chi connectivity index (χ2v) is 6.92. The molecule has 31 heavy (non-hydrogen) atoms. The first-order valence-electron chi connectivity index (χ1n) is 8.50. The van der Waals surface area contributed by atoms with E-state index in [1.165, 1.54) is 24.3 Å². The average Bonchev–Trinajstić information content (AvgIpc) is 2.70. The SMILES string of the molecule is NCCOc1c(-c2ccc(Cl)c(Cl)c2)n(OC(=O)C(F)(F)F)c(=O)c2cc(F)ccc12. The number of hydrogen-bond acceptors (Lipinski definition) is 5. The van der Waals surface area contributed by atoms with Gasteiger partial charge in [-0.05, 0) is 30.3 Å². The molecule has 0 aliphatic rings. The number of aromatic nitrogens is 1. The molecule has 3 rings (SSSR count). The van der Waals surface area contributed by atoms with E-state index in [4.69, 9.17) is 33.7 Å². The van der Waals surface area contributed by atoms with Crippen molar-refractivity contribution in [1.82, 2.24) is 4.73 Å². The van der Waals surface area contributed by atoms with Gasteiger partial charge in [0, 0.05) is 17.5 Å². The number of fused-ring (bicyclic) bond motifs is 1. The normalized spacial score (nSPS) is 11.6. The Labute approximate surface area is 181 Å². The molecule has 1 aromatic heterocycles. The second-order valence-electron chi connectivity index (χ2n) is 6.11. The van der Waals surface area contributed by atoms with Crippen molar-refractivity contribution in [2.24, 2.45) is 5.73 Å². The smallest absolute Gasteiger partial charge is 0.489 e. The van der Waals surface area contributed by atoms with Crippen LogP contribution in [0.25, 0.3) is 22.0 Å². The van der Waals surface area contributed by atoms with E-state index in [9.17, 15) is 27.2 Å². The summed E-state index contributed by atoms with van der Waals surface area (Å²) in [5.41, 5.74) is 3.90. The van der Waals surface area contributed by atoms with Gasteiger partial charge >= 0.3 is 12.1 Å². The topological polar surface area (TPSA) is 83.5 Å². The molecule has 0 radical (unpaired) electrons. The lowest BCUT2D eigenvalue weighted by Crippen LogP contribution is -2.39. The molecule has 0 spiro atoms. The van der Waals surface area contributed by atoms with E-state index < -0.39 is 23.5 Å². The Hall–Kier alpha value is -2.82. The number of hydrogen-bond donors (Lipinski definition) is 1. The number of nitrogens with zero attached hydrogens (tertiary/aromatic N) is 1. The Morgan fingerprint density at radius 3 is 2.39 bits per heavy atom. The van der Waals surface area contributed by atoms with Gasteiger partial charge in [0.15, 0.2) is 5.75 Å². The van der Waals surface area contributed by atoms with E-state index in [-0.39, 0.29) is 55.7 Å². The predicted octanol–water partition coefficient (Wildman–Crippen LogP) is 3.97. The summed E-state index contributed by atoms with van der Waals surface area (Å²) in [4.78, 5) is 28.8. The number of rotatable bonds is 5. The maximum Gasteiger partial charge on any atom is 0.493 e. The standard InChI is InChI=1S/C19H12Cl2F4N2O4/c20-13-4-1-9(7-14(13)21)15-16(30-6-5-26)11-3-2-10(22)8-12(11)17(28)27(15)31-18(29)19(23,24)25/h1-4,7-8H,5-6,26H2. The highest BCUT2D eigenvalue weighted by Gasteiger charge is 2.43. The maximum atomic E-state index is 13.8. The molecular weight excluding hydrogens is 467 g/mol. The Balaban J connectivity index is 2.44. The van der Waals surface area contributed by atoms with Gasteiger partial charge in [-0.25, -0.2) is 9.18 Å². The fraction of sp³-hybridized carbons (Fsp3) is 0.158. The number of carbonyl (C=O) groups excluding carboxylic acids is 1. The number of alkyl halides is 3. The van der Waals surface area contributed by atoms with Gasteiger partial charge in [0.25, 0.3) is 5.56 Å². The monoisotopic (exact) mass is 478 g/mol. The van der Waals surface area contributed by atoms with Crippen LogP contribution in [0.1, 0.15) is 0 Å². The number of pyridine rings is 1. The summed E-state index contributed by atoms with van der Waals surface area (Å²) in [6.45, 7) is -0.114. The lowest BCUT2D eigenvalue weighted by Gasteiger charge is -2.20. The minimum absolute atomic E-state index is 0.00397. The van der Waals surface area contributed by atoms with Crippen LogP contribution in [0, 0.1) is 5.82 Å². The van der Waals surface area contributed by atoms with Crippen LogP contribution in [0.3, 0.4) is 0 Å². The molecule has 0 fully saturated rings. The molecule has 0 unspecified atom stereocenters. The van der Waals surface area contributed by atoms with Gasteiger partial charge in [-0.3, -0.25) is 4.79 Å². The molecule has 0 aliphatic heterocycles. The van der Waals surface area contributed by atoms with Crippen LogP contribution < -0.4 is 20.9 Å². The summed E-state index contributed by atoms with van der Waals surface area (Å²) in [6, 6.07) is 6.90. The van der Waals surface area contributed by atoms with Crippen molar-refractivity contribution in [1.29, 1.82) is 0 Å². The first-order valence-corrected chi connectivity index (χ1v) is 9.26. The zero-order valence-electron chi connectivity index (χ0n) is 15.3. The van der Waals surface area contributed by atoms with Gasteiger partial charge in [0.05, 0.1) is 15.4 Å². The summed E-state index contributed by atoms with van der Waals surface area (Å²) in [5, 5.41) is -0.200. The Morgan fingerprint density at radius 1 is 1.06 bits per heavy atom. The molecule has 164 valence electrons. The lowest BCUT2D eigenvalue weighted by molar-refractivity contribution is -0.200. The highest BCUT2D eigenvalue weighted by atomic mass is 35.5. The number of carbonyl (C=O) groups is 1. The number of nitrogens with two attached hydrogens (primary N) is 1. The van der Waals surface area contributed by atoms with E-state index in [2.05, 4.69) is 4.84 Å². The number of ether oxygens (including phenoxy) is 1. The van der Waals surface area contributed by atoms with Gasteiger partial charge in [0.1, 0.15) is 18.1 Å². The zero-order valence-corrected chi connectivity index (χ0v) is 16.8. The third-order valence-corrected chi connectivity index (χ3v) is 4.76. The van der Waals surface area contributed by atoms with Crippen molar-refractivity contribution in [2.75, 3.05) is 13.2 Å². The third kappa shape index (κ3) is 4.60. The van der Waals surface area contributed by atoms with E-state index >= 15 is 0 Å². The van der Waals surface area contributed by atoms with Crippen LogP contribution in [-0.2, 0) is 4.79 Å². The van der Waals surface area contributed by atoms with Crippen molar-refractivity contribution in [2.45, 2.75) is 6.18 Å². The van der Waals surface area contributed by atoms with E-state index in [1.807, 2.05) is 0 Å². The minimum Gasteiger partial charge on any atom is -0.489 e. The number of halogens is 6. The van der Waals surface area contributed by atoms with Crippen LogP contribution in [-0.4, -0.2) is 30.0 Å². The van der Waals surface area contributed by atoms with Crippen molar-refractivity contribution in [3.8, 4) is 17.0 Å². The molecule has 0 saturated heterocycles. The minimum atomic E-state index is -5.41. The quantitative estimate of drug-likeness (QED) is 0.561. The fourth-order valence-corrected chi connectivity index (χ4v) is 3.04. The summed E-state index contributed by atoms with van der Waals surface area (Å²) in [7, 11) is 0. The summed E-state index contributed by atoms with van der Waals surface area (Å²) in [6.07, 6.45) is -5.41. The van der Waals surface area contributed by atoms with Crippen LogP contribution >= 0.6 is 23.2 Å². The lowest BCUT2D eigenvalue weighted by atomic mass is 10.1. The summed E-state index contributed by atoms with van der Waals surface area (Å²) in [5.74, 6) is -3.68. The van der Waals surface area contributed by atoms with Gasteiger partial charge in [-0.15, -0.1) is 4.73 Å². The molecule has 0 amide bonds. The average molecular weight is 479 g/mol. The van der Waals surface area contributed by atoms with Gasteiger partial charge in [-0.1, -0.05) is 29.3 Å². The fourth-order valence-electron chi connectivity index (χ4n) is 2.74. The Morgan fingerprint density at radius 2 is 1.77 bits per heavy atom. The van der Waals surface area contributed by atoms with Crippen molar-refractivity contribution in [3.63, 3.8) is 0 Å². The Bertz CT molecular complexity index is 1230. The van der Waals surface area contributed by atoms with Gasteiger partial charge < -0.3 is 15.3 Å². The van der Waals surface area contributed by atoms with Crippen molar-refractivity contribution in [3.05, 3.63) is 62.6 Å². The maximum absolute atomic E-state index is 13.8. The highest BCUT2D eigenvalue weighted by molar-refractivity contribution is 6.42. The zero-order chi connectivity index (χ0) is 22.9. The number of benzene rings is 2. The first-order chi connectivity index (χ1) is 14.5. The molecule has 2 aromatic carbocycles. The molecule has 1 heterocycles. The summed E-state index contributed by atoms with van der Waals surface area (Å²) >= 11 is 11.9.